The standard InChI is InChI=1S/C13H18N2O3S/c1-3-18-13(17)10-4-8(2)19-12(10)15-7-9(6-14)5-11(15)16/h4,9H,3,5-7,14H2,1-2H3. The molecule has 0 spiro atoms. The van der Waals surface area contributed by atoms with Crippen LogP contribution in [0, 0.1) is 12.8 Å². The third-order valence-corrected chi connectivity index (χ3v) is 4.19. The maximum absolute atomic E-state index is 12.0. The van der Waals surface area contributed by atoms with Crippen molar-refractivity contribution in [2.75, 3.05) is 24.6 Å². The van der Waals surface area contributed by atoms with Crippen LogP contribution in [0.1, 0.15) is 28.6 Å². The van der Waals surface area contributed by atoms with Gasteiger partial charge in [0.2, 0.25) is 5.91 Å². The van der Waals surface area contributed by atoms with E-state index in [0.717, 1.165) is 4.88 Å². The highest BCUT2D eigenvalue weighted by molar-refractivity contribution is 7.16. The van der Waals surface area contributed by atoms with E-state index in [1.165, 1.54) is 11.3 Å². The van der Waals surface area contributed by atoms with Crippen LogP contribution >= 0.6 is 11.3 Å². The summed E-state index contributed by atoms with van der Waals surface area (Å²) in [5, 5.41) is 0.692. The molecule has 1 aromatic rings. The summed E-state index contributed by atoms with van der Waals surface area (Å²) in [6.45, 7) is 5.08. The summed E-state index contributed by atoms with van der Waals surface area (Å²) in [5.74, 6) is -0.168. The molecule has 2 heterocycles. The Bertz CT molecular complexity index is 498. The van der Waals surface area contributed by atoms with Gasteiger partial charge in [0.25, 0.3) is 0 Å². The number of anilines is 1. The average Bonchev–Trinajstić information content (AvgIpc) is 2.92. The smallest absolute Gasteiger partial charge is 0.341 e. The van der Waals surface area contributed by atoms with Gasteiger partial charge in [-0.05, 0) is 32.4 Å². The Hall–Kier alpha value is -1.40. The Labute approximate surface area is 116 Å². The number of esters is 1. The molecule has 0 aliphatic carbocycles. The first-order chi connectivity index (χ1) is 9.06. The number of ether oxygens (including phenoxy) is 1. The molecule has 2 rings (SSSR count). The van der Waals surface area contributed by atoms with E-state index in [0.29, 0.717) is 36.7 Å². The SMILES string of the molecule is CCOC(=O)c1cc(C)sc1N1CC(CN)CC1=O. The van der Waals surface area contributed by atoms with Crippen molar-refractivity contribution in [1.29, 1.82) is 0 Å². The fourth-order valence-corrected chi connectivity index (χ4v) is 3.21. The summed E-state index contributed by atoms with van der Waals surface area (Å²) in [6, 6.07) is 1.78. The molecule has 1 atom stereocenters. The number of nitrogens with two attached hydrogens (primary N) is 1. The lowest BCUT2D eigenvalue weighted by molar-refractivity contribution is -0.117. The molecule has 1 aliphatic heterocycles. The predicted octanol–water partition coefficient (Wildman–Crippen LogP) is 1.54. The number of nitrogens with zero attached hydrogens (tertiary/aromatic N) is 1. The summed E-state index contributed by atoms with van der Waals surface area (Å²) in [6.07, 6.45) is 0.454. The average molecular weight is 282 g/mol. The molecule has 1 saturated heterocycles. The van der Waals surface area contributed by atoms with E-state index in [1.807, 2.05) is 6.92 Å². The molecule has 2 N–H and O–H groups in total. The van der Waals surface area contributed by atoms with Gasteiger partial charge in [-0.3, -0.25) is 4.79 Å². The Morgan fingerprint density at radius 3 is 2.95 bits per heavy atom. The zero-order valence-corrected chi connectivity index (χ0v) is 12.0. The van der Waals surface area contributed by atoms with E-state index in [-0.39, 0.29) is 17.8 Å². The Balaban J connectivity index is 2.29. The highest BCUT2D eigenvalue weighted by Gasteiger charge is 2.33. The van der Waals surface area contributed by atoms with Crippen molar-refractivity contribution in [2.24, 2.45) is 11.7 Å². The summed E-state index contributed by atoms with van der Waals surface area (Å²) < 4.78 is 5.03. The van der Waals surface area contributed by atoms with Crippen molar-refractivity contribution >= 4 is 28.2 Å². The first kappa shape index (κ1) is 14.0. The minimum absolute atomic E-state index is 0.0304. The maximum Gasteiger partial charge on any atom is 0.341 e. The number of amides is 1. The van der Waals surface area contributed by atoms with Gasteiger partial charge in [0.05, 0.1) is 12.2 Å². The molecule has 1 fully saturated rings. The van der Waals surface area contributed by atoms with Crippen molar-refractivity contribution in [3.8, 4) is 0 Å². The first-order valence-electron chi connectivity index (χ1n) is 6.34. The first-order valence-corrected chi connectivity index (χ1v) is 7.16. The Morgan fingerprint density at radius 1 is 1.63 bits per heavy atom. The third kappa shape index (κ3) is 2.79. The van der Waals surface area contributed by atoms with Gasteiger partial charge in [-0.15, -0.1) is 11.3 Å². The van der Waals surface area contributed by atoms with Gasteiger partial charge in [-0.25, -0.2) is 4.79 Å². The molecule has 104 valence electrons. The van der Waals surface area contributed by atoms with E-state index in [1.54, 1.807) is 17.9 Å². The third-order valence-electron chi connectivity index (χ3n) is 3.11. The van der Waals surface area contributed by atoms with Crippen molar-refractivity contribution in [1.82, 2.24) is 0 Å². The van der Waals surface area contributed by atoms with Crippen molar-refractivity contribution in [2.45, 2.75) is 20.3 Å². The number of carbonyl (C=O) groups is 2. The van der Waals surface area contributed by atoms with Crippen LogP contribution in [-0.4, -0.2) is 31.6 Å². The van der Waals surface area contributed by atoms with Crippen molar-refractivity contribution in [3.63, 3.8) is 0 Å². The molecule has 1 aromatic heterocycles. The van der Waals surface area contributed by atoms with Crippen molar-refractivity contribution < 1.29 is 14.3 Å². The lowest BCUT2D eigenvalue weighted by atomic mass is 10.1. The van der Waals surface area contributed by atoms with E-state index < -0.39 is 0 Å². The second-order valence-corrected chi connectivity index (χ2v) is 5.84. The highest BCUT2D eigenvalue weighted by Crippen LogP contribution is 2.35. The quantitative estimate of drug-likeness (QED) is 0.850. The Kier molecular flexibility index (Phi) is 4.21. The molecule has 0 bridgehead atoms. The summed E-state index contributed by atoms with van der Waals surface area (Å²) in [7, 11) is 0. The van der Waals surface area contributed by atoms with E-state index in [4.69, 9.17) is 10.5 Å². The molecule has 0 radical (unpaired) electrons. The van der Waals surface area contributed by atoms with Crippen LogP contribution in [0.5, 0.6) is 0 Å². The lowest BCUT2D eigenvalue weighted by Crippen LogP contribution is -2.26. The van der Waals surface area contributed by atoms with Crippen LogP contribution in [-0.2, 0) is 9.53 Å². The molecule has 5 nitrogen and oxygen atoms in total. The minimum Gasteiger partial charge on any atom is -0.462 e. The van der Waals surface area contributed by atoms with Crippen LogP contribution in [0.4, 0.5) is 5.00 Å². The molecule has 1 amide bonds. The normalized spacial score (nSPS) is 19.0. The van der Waals surface area contributed by atoms with Gasteiger partial charge >= 0.3 is 5.97 Å². The van der Waals surface area contributed by atoms with Crippen molar-refractivity contribution in [3.05, 3.63) is 16.5 Å². The van der Waals surface area contributed by atoms with E-state index >= 15 is 0 Å². The fourth-order valence-electron chi connectivity index (χ4n) is 2.19. The van der Waals surface area contributed by atoms with Gasteiger partial charge in [0.1, 0.15) is 5.00 Å². The number of hydrogen-bond donors (Lipinski definition) is 1. The predicted molar refractivity (Wildman–Crippen MR) is 74.5 cm³/mol. The van der Waals surface area contributed by atoms with E-state index in [9.17, 15) is 9.59 Å². The van der Waals surface area contributed by atoms with Crippen LogP contribution in [0.2, 0.25) is 0 Å². The second-order valence-electron chi connectivity index (χ2n) is 4.61. The molecule has 0 saturated carbocycles. The molecular formula is C13H18N2O3S. The van der Waals surface area contributed by atoms with Gasteiger partial charge in [0.15, 0.2) is 0 Å². The Morgan fingerprint density at radius 2 is 2.37 bits per heavy atom. The summed E-state index contributed by atoms with van der Waals surface area (Å²) in [5.41, 5.74) is 6.10. The zero-order valence-electron chi connectivity index (χ0n) is 11.1. The molecular weight excluding hydrogens is 264 g/mol. The largest absolute Gasteiger partial charge is 0.462 e. The molecule has 0 aromatic carbocycles. The van der Waals surface area contributed by atoms with Crippen LogP contribution in [0.25, 0.3) is 0 Å². The van der Waals surface area contributed by atoms with Gasteiger partial charge < -0.3 is 15.4 Å². The number of aryl methyl sites for hydroxylation is 1. The lowest BCUT2D eigenvalue weighted by Gasteiger charge is -2.16. The van der Waals surface area contributed by atoms with Crippen LogP contribution < -0.4 is 10.6 Å². The molecule has 1 unspecified atom stereocenters. The number of rotatable bonds is 4. The number of hydrogen-bond acceptors (Lipinski definition) is 5. The monoisotopic (exact) mass is 282 g/mol. The highest BCUT2D eigenvalue weighted by atomic mass is 32.1. The topological polar surface area (TPSA) is 72.6 Å². The van der Waals surface area contributed by atoms with Gasteiger partial charge in [-0.1, -0.05) is 0 Å². The minimum atomic E-state index is -0.370. The number of thiophene rings is 1. The summed E-state index contributed by atoms with van der Waals surface area (Å²) >= 11 is 1.45. The fraction of sp³-hybridized carbons (Fsp3) is 0.538. The van der Waals surface area contributed by atoms with Gasteiger partial charge in [-0.2, -0.15) is 0 Å². The molecule has 1 aliphatic rings. The molecule has 19 heavy (non-hydrogen) atoms. The second kappa shape index (κ2) is 5.71. The van der Waals surface area contributed by atoms with E-state index in [2.05, 4.69) is 0 Å². The van der Waals surface area contributed by atoms with Crippen LogP contribution in [0.15, 0.2) is 6.07 Å². The van der Waals surface area contributed by atoms with Crippen LogP contribution in [0.3, 0.4) is 0 Å². The van der Waals surface area contributed by atoms with Gasteiger partial charge in [0, 0.05) is 17.8 Å². The maximum atomic E-state index is 12.0. The summed E-state index contributed by atoms with van der Waals surface area (Å²) in [4.78, 5) is 26.6. The zero-order chi connectivity index (χ0) is 14.0. The molecule has 6 heteroatoms. The number of carbonyl (C=O) groups excluding carboxylic acids is 2.